The summed E-state index contributed by atoms with van der Waals surface area (Å²) in [4.78, 5) is 22.8. The van der Waals surface area contributed by atoms with E-state index >= 15 is 4.39 Å². The minimum atomic E-state index is -1.75. The summed E-state index contributed by atoms with van der Waals surface area (Å²) < 4.78 is 76.1. The lowest BCUT2D eigenvalue weighted by Gasteiger charge is -2.32. The first-order valence-corrected chi connectivity index (χ1v) is 13.4. The molecule has 4 rings (SSSR count). The van der Waals surface area contributed by atoms with Crippen LogP contribution in [0, 0.1) is 40.9 Å². The van der Waals surface area contributed by atoms with Crippen LogP contribution in [0.1, 0.15) is 31.7 Å². The number of rotatable bonds is 9. The third-order valence-electron chi connectivity index (χ3n) is 7.71. The average Bonchev–Trinajstić information content (AvgIpc) is 3.35. The van der Waals surface area contributed by atoms with Crippen LogP contribution in [-0.2, 0) is 4.79 Å². The van der Waals surface area contributed by atoms with E-state index in [-0.39, 0.29) is 35.1 Å². The van der Waals surface area contributed by atoms with Crippen molar-refractivity contribution in [3.05, 3.63) is 82.8 Å². The summed E-state index contributed by atoms with van der Waals surface area (Å²) in [5, 5.41) is 3.02. The Labute approximate surface area is 240 Å². The Kier molecular flexibility index (Phi) is 9.27. The van der Waals surface area contributed by atoms with Crippen LogP contribution in [0.25, 0.3) is 0 Å². The molecule has 1 saturated heterocycles. The summed E-state index contributed by atoms with van der Waals surface area (Å²) >= 11 is 0. The second kappa shape index (κ2) is 12.5. The van der Waals surface area contributed by atoms with Crippen LogP contribution < -0.4 is 15.8 Å². The standard InChI is InChI=1S/C30H32F5N5O2/c1-5-23(41)40-11-9-16(15-40)12-17-8-10-39-28(24(27(17)37-3)30(2,36)38-4)19-7-6-18(13-20(19)31)42-29-25(34)21(32)14-22(33)26(29)35/h5-7,13-14,16-17,38H,1,3,8-12,15,36H2,2,4H3. The van der Waals surface area contributed by atoms with E-state index in [0.717, 1.165) is 12.5 Å². The molecule has 1 amide bonds. The molecule has 3 unspecified atom stereocenters. The summed E-state index contributed by atoms with van der Waals surface area (Å²) in [7, 11) is 1.63. The van der Waals surface area contributed by atoms with E-state index in [2.05, 4.69) is 28.6 Å². The quantitative estimate of drug-likeness (QED) is 0.137. The number of nitrogens with one attached hydrogen (secondary N) is 1. The number of nitrogens with zero attached hydrogens (tertiary/aromatic N) is 3. The molecule has 2 aliphatic rings. The molecule has 42 heavy (non-hydrogen) atoms. The number of benzene rings is 2. The highest BCUT2D eigenvalue weighted by Crippen LogP contribution is 2.38. The Morgan fingerprint density at radius 2 is 1.88 bits per heavy atom. The molecule has 0 saturated carbocycles. The minimum Gasteiger partial charge on any atom is -0.451 e. The number of amides is 1. The molecule has 224 valence electrons. The van der Waals surface area contributed by atoms with Crippen molar-refractivity contribution < 1.29 is 31.5 Å². The summed E-state index contributed by atoms with van der Waals surface area (Å²) in [6.07, 6.45) is 3.35. The number of hydrogen-bond acceptors (Lipinski definition) is 6. The molecular weight excluding hydrogens is 557 g/mol. The summed E-state index contributed by atoms with van der Waals surface area (Å²) in [5.41, 5.74) is 6.57. The van der Waals surface area contributed by atoms with Crippen molar-refractivity contribution in [1.82, 2.24) is 10.2 Å². The molecule has 0 spiro atoms. The maximum absolute atomic E-state index is 15.6. The van der Waals surface area contributed by atoms with Crippen molar-refractivity contribution in [3.63, 3.8) is 0 Å². The van der Waals surface area contributed by atoms with Gasteiger partial charge in [0.1, 0.15) is 11.6 Å². The largest absolute Gasteiger partial charge is 0.451 e. The third-order valence-corrected chi connectivity index (χ3v) is 7.71. The number of carbonyl (C=O) groups is 1. The first-order valence-electron chi connectivity index (χ1n) is 13.4. The van der Waals surface area contributed by atoms with Gasteiger partial charge in [0.15, 0.2) is 11.6 Å². The van der Waals surface area contributed by atoms with Gasteiger partial charge in [-0.25, -0.2) is 13.2 Å². The normalized spacial score (nSPS) is 20.6. The van der Waals surface area contributed by atoms with Crippen LogP contribution in [0.3, 0.4) is 0 Å². The lowest BCUT2D eigenvalue weighted by atomic mass is 9.83. The molecule has 7 nitrogen and oxygen atoms in total. The van der Waals surface area contributed by atoms with E-state index in [4.69, 9.17) is 10.5 Å². The first-order chi connectivity index (χ1) is 19.9. The van der Waals surface area contributed by atoms with Gasteiger partial charge in [-0.05, 0) is 64.1 Å². The fourth-order valence-electron chi connectivity index (χ4n) is 5.43. The Morgan fingerprint density at radius 3 is 2.48 bits per heavy atom. The van der Waals surface area contributed by atoms with Crippen molar-refractivity contribution in [1.29, 1.82) is 0 Å². The second-order valence-electron chi connectivity index (χ2n) is 10.5. The number of hydrogen-bond donors (Lipinski definition) is 2. The molecule has 3 atom stereocenters. The van der Waals surface area contributed by atoms with Gasteiger partial charge in [-0.15, -0.1) is 0 Å². The number of aliphatic imine (C=N–C) groups is 2. The van der Waals surface area contributed by atoms with Crippen LogP contribution in [-0.4, -0.2) is 55.6 Å². The third kappa shape index (κ3) is 6.14. The van der Waals surface area contributed by atoms with Crippen LogP contribution in [0.5, 0.6) is 11.5 Å². The lowest BCUT2D eigenvalue weighted by molar-refractivity contribution is -0.125. The highest BCUT2D eigenvalue weighted by Gasteiger charge is 2.37. The van der Waals surface area contributed by atoms with Gasteiger partial charge in [0.2, 0.25) is 23.3 Å². The molecular formula is C30H32F5N5O2. The van der Waals surface area contributed by atoms with E-state index in [0.29, 0.717) is 43.7 Å². The van der Waals surface area contributed by atoms with E-state index in [9.17, 15) is 22.4 Å². The monoisotopic (exact) mass is 589 g/mol. The maximum Gasteiger partial charge on any atom is 0.245 e. The average molecular weight is 590 g/mol. The SMILES string of the molecule is C=CC(=O)N1CCC(CC2CCN=C(c3ccc(Oc4c(F)c(F)cc(F)c4F)cc3F)C(C(C)(N)NC)=C2N=C)C1. The molecule has 0 bridgehead atoms. The molecule has 1 fully saturated rings. The number of allylic oxidation sites excluding steroid dienone is 1. The van der Waals surface area contributed by atoms with Crippen LogP contribution in [0.15, 0.2) is 58.2 Å². The number of nitrogens with two attached hydrogens (primary N) is 1. The van der Waals surface area contributed by atoms with E-state index in [1.54, 1.807) is 18.9 Å². The van der Waals surface area contributed by atoms with Crippen molar-refractivity contribution in [2.24, 2.45) is 27.6 Å². The Hall–Kier alpha value is -3.90. The maximum atomic E-state index is 15.6. The van der Waals surface area contributed by atoms with Gasteiger partial charge < -0.3 is 15.4 Å². The van der Waals surface area contributed by atoms with Gasteiger partial charge in [-0.1, -0.05) is 6.58 Å². The van der Waals surface area contributed by atoms with E-state index < -0.39 is 46.2 Å². The number of likely N-dealkylation sites (tertiary alicyclic amines) is 1. The van der Waals surface area contributed by atoms with Crippen LogP contribution in [0.2, 0.25) is 0 Å². The summed E-state index contributed by atoms with van der Waals surface area (Å²) in [5.74, 6) is -9.51. The molecule has 2 heterocycles. The molecule has 12 heteroatoms. The Balaban J connectivity index is 1.70. The van der Waals surface area contributed by atoms with E-state index in [1.165, 1.54) is 18.2 Å². The predicted octanol–water partition coefficient (Wildman–Crippen LogP) is 5.26. The van der Waals surface area contributed by atoms with Gasteiger partial charge >= 0.3 is 0 Å². The van der Waals surface area contributed by atoms with Crippen molar-refractivity contribution in [2.45, 2.75) is 31.8 Å². The van der Waals surface area contributed by atoms with Crippen molar-refractivity contribution in [2.75, 3.05) is 26.7 Å². The first kappa shape index (κ1) is 31.0. The van der Waals surface area contributed by atoms with E-state index in [1.807, 2.05) is 0 Å². The molecule has 2 aromatic carbocycles. The molecule has 0 aromatic heterocycles. The number of likely N-dealkylation sites (N-methyl/N-ethyl adjacent to an activating group) is 1. The number of halogens is 5. The van der Waals surface area contributed by atoms with Crippen molar-refractivity contribution >= 4 is 18.3 Å². The molecule has 2 aliphatic heterocycles. The van der Waals surface area contributed by atoms with Gasteiger partial charge in [0, 0.05) is 48.8 Å². The van der Waals surface area contributed by atoms with Crippen LogP contribution >= 0.6 is 0 Å². The topological polar surface area (TPSA) is 92.3 Å². The van der Waals surface area contributed by atoms with Gasteiger partial charge in [-0.3, -0.25) is 20.1 Å². The second-order valence-corrected chi connectivity index (χ2v) is 10.5. The van der Waals surface area contributed by atoms with Gasteiger partial charge in [0.05, 0.1) is 17.1 Å². The number of carbonyl (C=O) groups excluding carboxylic acids is 1. The smallest absolute Gasteiger partial charge is 0.245 e. The minimum absolute atomic E-state index is 0.000984. The summed E-state index contributed by atoms with van der Waals surface area (Å²) in [6, 6.07) is 3.35. The lowest BCUT2D eigenvalue weighted by Crippen LogP contribution is -2.53. The molecule has 0 radical (unpaired) electrons. The fourth-order valence-corrected chi connectivity index (χ4v) is 5.43. The molecule has 3 N–H and O–H groups in total. The van der Waals surface area contributed by atoms with Crippen molar-refractivity contribution in [3.8, 4) is 11.5 Å². The fraction of sp³-hybridized carbons (Fsp3) is 0.367. The molecule has 0 aliphatic carbocycles. The van der Waals surface area contributed by atoms with Gasteiger partial charge in [-0.2, -0.15) is 8.78 Å². The Bertz CT molecular complexity index is 1450. The zero-order chi connectivity index (χ0) is 30.8. The highest BCUT2D eigenvalue weighted by molar-refractivity contribution is 6.14. The van der Waals surface area contributed by atoms with Crippen LogP contribution in [0.4, 0.5) is 22.0 Å². The van der Waals surface area contributed by atoms with Gasteiger partial charge in [0.25, 0.3) is 0 Å². The molecule has 2 aromatic rings. The zero-order valence-electron chi connectivity index (χ0n) is 23.3. The zero-order valence-corrected chi connectivity index (χ0v) is 23.3. The highest BCUT2D eigenvalue weighted by atomic mass is 19.2. The number of ether oxygens (including phenoxy) is 1. The predicted molar refractivity (Wildman–Crippen MR) is 150 cm³/mol. The Morgan fingerprint density at radius 1 is 1.19 bits per heavy atom. The summed E-state index contributed by atoms with van der Waals surface area (Å²) in [6.45, 7) is 10.5.